The lowest BCUT2D eigenvalue weighted by atomic mass is 9.49. The molecule has 0 saturated carbocycles. The predicted octanol–water partition coefficient (Wildman–Crippen LogP) is 27.7. The molecule has 0 radical (unpaired) electrons. The Morgan fingerprint density at radius 2 is 0.519 bits per heavy atom. The number of nitrogens with zero attached hydrogens (tertiary/aromatic N) is 2. The van der Waals surface area contributed by atoms with Gasteiger partial charge in [-0.05, 0) is 171 Å². The number of hydrogen-bond acceptors (Lipinski definition) is 4. The van der Waals surface area contributed by atoms with Crippen molar-refractivity contribution in [3.8, 4) is 44.5 Å². The fourth-order valence-corrected chi connectivity index (χ4v) is 19.0. The highest BCUT2D eigenvalue weighted by molar-refractivity contribution is 6.21. The Labute approximate surface area is 612 Å². The van der Waals surface area contributed by atoms with Gasteiger partial charge in [-0.25, -0.2) is 0 Å². The van der Waals surface area contributed by atoms with Crippen LogP contribution >= 0.6 is 0 Å². The van der Waals surface area contributed by atoms with Crippen molar-refractivity contribution in [3.63, 3.8) is 0 Å². The second-order valence-corrected chi connectivity index (χ2v) is 28.4. The van der Waals surface area contributed by atoms with E-state index in [1.54, 1.807) is 0 Å². The van der Waals surface area contributed by atoms with E-state index in [0.717, 1.165) is 133 Å². The highest BCUT2D eigenvalue weighted by Gasteiger charge is 2.65. The third-order valence-electron chi connectivity index (χ3n) is 23.1. The minimum atomic E-state index is -1.12. The number of hydrogen-bond donors (Lipinski definition) is 0. The van der Waals surface area contributed by atoms with Gasteiger partial charge in [0.25, 0.3) is 0 Å². The van der Waals surface area contributed by atoms with E-state index in [-0.39, 0.29) is 0 Å². The first kappa shape index (κ1) is 59.8. The molecule has 2 aliphatic rings. The first-order chi connectivity index (χ1) is 52.6. The molecule has 4 heteroatoms. The summed E-state index contributed by atoms with van der Waals surface area (Å²) in [6.45, 7) is 0. The first-order valence-corrected chi connectivity index (χ1v) is 36.6. The Morgan fingerprint density at radius 3 is 0.943 bits per heavy atom. The summed E-state index contributed by atoms with van der Waals surface area (Å²) in [5, 5.41) is 13.5. The lowest BCUT2D eigenvalue weighted by Gasteiger charge is -2.51. The van der Waals surface area contributed by atoms with Crippen LogP contribution in [0.5, 0.6) is 0 Å². The smallest absolute Gasteiger partial charge is 0.159 e. The topological polar surface area (TPSA) is 32.8 Å². The maximum Gasteiger partial charge on any atom is 0.159 e. The van der Waals surface area contributed by atoms with Crippen molar-refractivity contribution in [2.24, 2.45) is 0 Å². The molecule has 2 aliphatic carbocycles. The average molecular weight is 1350 g/mol. The van der Waals surface area contributed by atoms with E-state index in [1.807, 2.05) is 0 Å². The van der Waals surface area contributed by atoms with E-state index in [1.165, 1.54) is 66.1 Å². The minimum absolute atomic E-state index is 0.810. The Hall–Kier alpha value is -13.8. The summed E-state index contributed by atoms with van der Waals surface area (Å²) in [6.07, 6.45) is 0. The van der Waals surface area contributed by atoms with Crippen LogP contribution in [0.4, 0.5) is 34.1 Å². The maximum atomic E-state index is 7.25. The molecule has 22 rings (SSSR count). The molecule has 2 heterocycles. The van der Waals surface area contributed by atoms with Gasteiger partial charge in [0.1, 0.15) is 11.2 Å². The molecule has 0 bridgehead atoms. The molecule has 0 saturated heterocycles. The summed E-state index contributed by atoms with van der Waals surface area (Å²) in [5.74, 6) is 0. The molecule has 0 amide bonds. The van der Waals surface area contributed by atoms with E-state index in [9.17, 15) is 0 Å². The molecule has 20 aromatic rings. The molecule has 106 heavy (non-hydrogen) atoms. The summed E-state index contributed by atoms with van der Waals surface area (Å²) < 4.78 is 14.5. The molecular weight excluding hydrogens is 1290 g/mol. The van der Waals surface area contributed by atoms with Gasteiger partial charge in [-0.1, -0.05) is 328 Å². The van der Waals surface area contributed by atoms with Crippen LogP contribution in [0.25, 0.3) is 131 Å². The summed E-state index contributed by atoms with van der Waals surface area (Å²) in [6, 6.07) is 145. The summed E-state index contributed by atoms with van der Waals surface area (Å²) in [4.78, 5) is 5.03. The van der Waals surface area contributed by atoms with Gasteiger partial charge in [0, 0.05) is 43.7 Å². The summed E-state index contributed by atoms with van der Waals surface area (Å²) in [7, 11) is 0. The SMILES string of the molecule is c1ccc(-c2cccc(N(c3cc4c(c5ccccc35)-c3c(ccc5ccccc35)C4(c3ccccc3)C3(c4ccccc4)c4ccc5ccccc5c4-c4c3cc(N(c3cccc(-c5ccccc5)c3)c3cccc5c3oc3ccccc35)c3ccccc43)c3cccc4c3oc3ccccc34)c2)cc1. The van der Waals surface area contributed by atoms with Crippen molar-refractivity contribution in [2.45, 2.75) is 10.8 Å². The Kier molecular flexibility index (Phi) is 13.2. The summed E-state index contributed by atoms with van der Waals surface area (Å²) in [5.41, 5.74) is 23.4. The largest absolute Gasteiger partial charge is 0.454 e. The van der Waals surface area contributed by atoms with Gasteiger partial charge >= 0.3 is 0 Å². The standard InChI is InChI=1S/C102H64N2O2/c1-5-29-65(30-6-1)69-35-25-41-73(61-69)103(89-53-27-51-83-79-47-21-23-55-93(79)105-99(83)89)91-63-87-97(81-49-19-17-45-77(81)91)95-75-43-15-13-33-67(75)57-59-85(95)101(87,71-37-9-3-10-38-71)102(72-39-11-4-12-40-72)86-60-58-68-34-14-16-44-76(68)96(86)98-82-50-20-18-46-78(82)92(64-88(98)102)104(74-42-26-36-70(62-74)66-31-7-2-8-32-66)90-54-28-52-84-80-48-22-24-56-94(80)106-100(84)90/h1-64H. The highest BCUT2D eigenvalue weighted by atomic mass is 16.3. The lowest BCUT2D eigenvalue weighted by molar-refractivity contribution is 0.438. The zero-order valence-corrected chi connectivity index (χ0v) is 57.7. The van der Waals surface area contributed by atoms with E-state index >= 15 is 0 Å². The lowest BCUT2D eigenvalue weighted by Crippen LogP contribution is -2.50. The maximum absolute atomic E-state index is 7.25. The van der Waals surface area contributed by atoms with Gasteiger partial charge < -0.3 is 18.6 Å². The van der Waals surface area contributed by atoms with Crippen LogP contribution in [0, 0.1) is 0 Å². The summed E-state index contributed by atoms with van der Waals surface area (Å²) >= 11 is 0. The number of rotatable bonds is 11. The highest BCUT2D eigenvalue weighted by Crippen LogP contribution is 2.73. The zero-order valence-electron chi connectivity index (χ0n) is 57.7. The van der Waals surface area contributed by atoms with Crippen LogP contribution in [-0.4, -0.2) is 0 Å². The monoisotopic (exact) mass is 1350 g/mol. The van der Waals surface area contributed by atoms with Crippen molar-refractivity contribution in [1.29, 1.82) is 0 Å². The molecule has 0 N–H and O–H groups in total. The zero-order chi connectivity index (χ0) is 69.6. The van der Waals surface area contributed by atoms with Crippen molar-refractivity contribution >= 4 is 121 Å². The second-order valence-electron chi connectivity index (χ2n) is 28.4. The fraction of sp³-hybridized carbons (Fsp3) is 0.0196. The van der Waals surface area contributed by atoms with E-state index in [2.05, 4.69) is 398 Å². The van der Waals surface area contributed by atoms with Crippen LogP contribution in [0.1, 0.15) is 33.4 Å². The average Bonchev–Trinajstić information content (AvgIpc) is 1.46. The molecule has 2 aromatic heterocycles. The van der Waals surface area contributed by atoms with E-state index in [4.69, 9.17) is 8.83 Å². The number of benzene rings is 18. The molecule has 2 atom stereocenters. The number of anilines is 6. The fourth-order valence-electron chi connectivity index (χ4n) is 19.0. The van der Waals surface area contributed by atoms with Gasteiger partial charge in [0.05, 0.1) is 33.6 Å². The normalized spacial score (nSPS) is 15.1. The Morgan fingerprint density at radius 1 is 0.198 bits per heavy atom. The predicted molar refractivity (Wildman–Crippen MR) is 441 cm³/mol. The van der Waals surface area contributed by atoms with Crippen LogP contribution < -0.4 is 9.80 Å². The minimum Gasteiger partial charge on any atom is -0.454 e. The van der Waals surface area contributed by atoms with Crippen molar-refractivity contribution in [1.82, 2.24) is 0 Å². The molecule has 2 unspecified atom stereocenters. The van der Waals surface area contributed by atoms with E-state index < -0.39 is 10.8 Å². The quantitative estimate of drug-likeness (QED) is 0.129. The molecule has 494 valence electrons. The van der Waals surface area contributed by atoms with Crippen molar-refractivity contribution in [2.75, 3.05) is 9.80 Å². The van der Waals surface area contributed by atoms with Gasteiger partial charge in [-0.2, -0.15) is 0 Å². The number of para-hydroxylation sites is 4. The Bertz CT molecular complexity index is 6560. The van der Waals surface area contributed by atoms with Crippen LogP contribution in [0.3, 0.4) is 0 Å². The van der Waals surface area contributed by atoms with Gasteiger partial charge in [0.15, 0.2) is 11.2 Å². The third kappa shape index (κ3) is 8.46. The van der Waals surface area contributed by atoms with Crippen LogP contribution in [-0.2, 0) is 10.8 Å². The van der Waals surface area contributed by atoms with Crippen molar-refractivity contribution < 1.29 is 8.83 Å². The van der Waals surface area contributed by atoms with Gasteiger partial charge in [0.2, 0.25) is 0 Å². The molecule has 0 aliphatic heterocycles. The first-order valence-electron chi connectivity index (χ1n) is 36.6. The molecule has 18 aromatic carbocycles. The molecule has 0 fully saturated rings. The second kappa shape index (κ2) is 23.4. The van der Waals surface area contributed by atoms with Crippen LogP contribution in [0.2, 0.25) is 0 Å². The van der Waals surface area contributed by atoms with Crippen molar-refractivity contribution in [3.05, 3.63) is 422 Å². The number of fused-ring (bicyclic) bond motifs is 20. The Balaban J connectivity index is 0.949. The van der Waals surface area contributed by atoms with Gasteiger partial charge in [-0.3, -0.25) is 0 Å². The number of furan rings is 2. The van der Waals surface area contributed by atoms with Gasteiger partial charge in [-0.15, -0.1) is 0 Å². The molecule has 0 spiro atoms. The third-order valence-corrected chi connectivity index (χ3v) is 23.1. The van der Waals surface area contributed by atoms with E-state index in [0.29, 0.717) is 0 Å². The van der Waals surface area contributed by atoms with Crippen LogP contribution in [0.15, 0.2) is 397 Å². The molecule has 4 nitrogen and oxygen atoms in total. The molecular formula is C102H64N2O2.